The van der Waals surface area contributed by atoms with E-state index in [1.54, 1.807) is 0 Å². The summed E-state index contributed by atoms with van der Waals surface area (Å²) in [4.78, 5) is 0. The van der Waals surface area contributed by atoms with Crippen LogP contribution in [0.3, 0.4) is 0 Å². The highest BCUT2D eigenvalue weighted by molar-refractivity contribution is 14.1. The largest absolute Gasteiger partial charge is 0.245 e. The maximum Gasteiger partial charge on any atom is 0.138 e. The molecule has 0 saturated heterocycles. The molecule has 0 aliphatic carbocycles. The third kappa shape index (κ3) is 2.97. The van der Waals surface area contributed by atoms with Gasteiger partial charge >= 0.3 is 0 Å². The Bertz CT molecular complexity index is 1150. The molecule has 1 heterocycles. The van der Waals surface area contributed by atoms with E-state index >= 15 is 0 Å². The van der Waals surface area contributed by atoms with E-state index in [2.05, 4.69) is 136 Å². The van der Waals surface area contributed by atoms with Crippen LogP contribution in [0.25, 0.3) is 10.9 Å². The number of rotatable bonds is 4. The van der Waals surface area contributed by atoms with Gasteiger partial charge in [-0.2, -0.15) is 5.10 Å². The fourth-order valence-corrected chi connectivity index (χ4v) is 4.69. The molecule has 4 aromatic carbocycles. The molecule has 5 aromatic rings. The number of benzene rings is 4. The van der Waals surface area contributed by atoms with E-state index < -0.39 is 5.54 Å². The molecular weight excluding hydrogens is 467 g/mol. The van der Waals surface area contributed by atoms with E-state index in [4.69, 9.17) is 5.10 Å². The fraction of sp³-hybridized carbons (Fsp3) is 0.0385. The predicted molar refractivity (Wildman–Crippen MR) is 127 cm³/mol. The van der Waals surface area contributed by atoms with E-state index in [0.717, 1.165) is 10.9 Å². The van der Waals surface area contributed by atoms with Gasteiger partial charge in [0.2, 0.25) is 0 Å². The van der Waals surface area contributed by atoms with Crippen LogP contribution in [0.5, 0.6) is 0 Å². The lowest BCUT2D eigenvalue weighted by Crippen LogP contribution is -2.38. The zero-order valence-corrected chi connectivity index (χ0v) is 17.9. The number of aromatic nitrogens is 2. The summed E-state index contributed by atoms with van der Waals surface area (Å²) < 4.78 is 3.39. The molecule has 0 N–H and O–H groups in total. The molecule has 0 aliphatic rings. The Morgan fingerprint density at radius 2 is 1.10 bits per heavy atom. The van der Waals surface area contributed by atoms with Gasteiger partial charge < -0.3 is 0 Å². The third-order valence-corrected chi connectivity index (χ3v) is 6.09. The normalized spacial score (nSPS) is 11.6. The van der Waals surface area contributed by atoms with Gasteiger partial charge in [0.25, 0.3) is 0 Å². The lowest BCUT2D eigenvalue weighted by atomic mass is 9.77. The Labute approximate surface area is 184 Å². The first-order chi connectivity index (χ1) is 14.3. The number of fused-ring (bicyclic) bond motifs is 1. The van der Waals surface area contributed by atoms with Gasteiger partial charge in [0.15, 0.2) is 0 Å². The van der Waals surface area contributed by atoms with Gasteiger partial charge in [-0.15, -0.1) is 0 Å². The molecule has 3 heteroatoms. The van der Waals surface area contributed by atoms with Crippen molar-refractivity contribution >= 4 is 33.5 Å². The van der Waals surface area contributed by atoms with E-state index in [9.17, 15) is 0 Å². The van der Waals surface area contributed by atoms with Crippen molar-refractivity contribution in [2.75, 3.05) is 0 Å². The molecule has 0 aliphatic heterocycles. The average Bonchev–Trinajstić information content (AvgIpc) is 3.20. The Kier molecular flexibility index (Phi) is 4.68. The van der Waals surface area contributed by atoms with Crippen LogP contribution in [-0.4, -0.2) is 9.78 Å². The van der Waals surface area contributed by atoms with Crippen LogP contribution in [0.1, 0.15) is 16.7 Å². The summed E-state index contributed by atoms with van der Waals surface area (Å²) in [5.74, 6) is 0. The molecule has 0 saturated carbocycles. The zero-order valence-electron chi connectivity index (χ0n) is 15.7. The second kappa shape index (κ2) is 7.48. The minimum atomic E-state index is -0.571. The molecule has 0 atom stereocenters. The fourth-order valence-electron chi connectivity index (χ4n) is 4.18. The van der Waals surface area contributed by atoms with Crippen LogP contribution in [0.2, 0.25) is 0 Å². The minimum Gasteiger partial charge on any atom is -0.245 e. The maximum atomic E-state index is 4.95. The van der Waals surface area contributed by atoms with Crippen molar-refractivity contribution in [1.82, 2.24) is 9.78 Å². The van der Waals surface area contributed by atoms with Gasteiger partial charge in [-0.25, -0.2) is 4.68 Å². The summed E-state index contributed by atoms with van der Waals surface area (Å²) in [6.45, 7) is 0. The van der Waals surface area contributed by atoms with E-state index in [-0.39, 0.29) is 0 Å². The highest BCUT2D eigenvalue weighted by Crippen LogP contribution is 2.42. The van der Waals surface area contributed by atoms with E-state index in [1.165, 1.54) is 20.3 Å². The lowest BCUT2D eigenvalue weighted by molar-refractivity contribution is 0.476. The predicted octanol–water partition coefficient (Wildman–Crippen LogP) is 6.48. The van der Waals surface area contributed by atoms with Crippen molar-refractivity contribution in [3.8, 4) is 0 Å². The molecule has 2 nitrogen and oxygen atoms in total. The van der Waals surface area contributed by atoms with Crippen LogP contribution in [-0.2, 0) is 5.54 Å². The summed E-state index contributed by atoms with van der Waals surface area (Å²) in [7, 11) is 0. The third-order valence-electron chi connectivity index (χ3n) is 5.42. The minimum absolute atomic E-state index is 0.571. The second-order valence-corrected chi connectivity index (χ2v) is 8.31. The number of hydrogen-bond donors (Lipinski definition) is 0. The van der Waals surface area contributed by atoms with Crippen molar-refractivity contribution in [2.45, 2.75) is 5.54 Å². The second-order valence-electron chi connectivity index (χ2n) is 7.07. The summed E-state index contributed by atoms with van der Waals surface area (Å²) in [6.07, 6.45) is 1.97. The summed E-state index contributed by atoms with van der Waals surface area (Å²) in [5, 5.41) is 6.09. The van der Waals surface area contributed by atoms with Gasteiger partial charge in [-0.3, -0.25) is 0 Å². The molecule has 5 rings (SSSR count). The SMILES string of the molecule is Ic1ccc2c(cnn2C(c2ccccc2)(c2ccccc2)c2ccccc2)c1. The van der Waals surface area contributed by atoms with Crippen molar-refractivity contribution < 1.29 is 0 Å². The summed E-state index contributed by atoms with van der Waals surface area (Å²) in [5.41, 5.74) is 4.09. The first-order valence-electron chi connectivity index (χ1n) is 9.60. The smallest absolute Gasteiger partial charge is 0.138 e. The van der Waals surface area contributed by atoms with Crippen LogP contribution >= 0.6 is 22.6 Å². The Hall–Kier alpha value is -2.92. The molecule has 0 amide bonds. The Balaban J connectivity index is 1.95. The van der Waals surface area contributed by atoms with Gasteiger partial charge in [0.1, 0.15) is 5.54 Å². The van der Waals surface area contributed by atoms with E-state index in [0.29, 0.717) is 0 Å². The van der Waals surface area contributed by atoms with E-state index in [1.807, 2.05) is 6.20 Å². The van der Waals surface area contributed by atoms with Crippen LogP contribution in [0.15, 0.2) is 115 Å². The van der Waals surface area contributed by atoms with Crippen LogP contribution < -0.4 is 0 Å². The zero-order chi connectivity index (χ0) is 19.7. The van der Waals surface area contributed by atoms with Gasteiger partial charge in [-0.05, 0) is 57.5 Å². The number of halogens is 1. The monoisotopic (exact) mass is 486 g/mol. The van der Waals surface area contributed by atoms with Gasteiger partial charge in [-0.1, -0.05) is 91.0 Å². The molecule has 140 valence electrons. The van der Waals surface area contributed by atoms with Crippen LogP contribution in [0, 0.1) is 3.57 Å². The van der Waals surface area contributed by atoms with Crippen molar-refractivity contribution in [2.24, 2.45) is 0 Å². The topological polar surface area (TPSA) is 17.8 Å². The molecule has 0 bridgehead atoms. The first kappa shape index (κ1) is 18.1. The molecular formula is C26H19IN2. The van der Waals surface area contributed by atoms with Gasteiger partial charge in [0.05, 0.1) is 11.7 Å². The number of hydrogen-bond acceptors (Lipinski definition) is 1. The number of nitrogens with zero attached hydrogens (tertiary/aromatic N) is 2. The molecule has 0 fully saturated rings. The highest BCUT2D eigenvalue weighted by atomic mass is 127. The standard InChI is InChI=1S/C26H19IN2/c27-24-16-17-25-20(18-24)19-28-29(25)26(21-10-4-1-5-11-21,22-12-6-2-7-13-22)23-14-8-3-9-15-23/h1-19H. The maximum absolute atomic E-state index is 4.95. The molecule has 1 aromatic heterocycles. The highest BCUT2D eigenvalue weighted by Gasteiger charge is 2.40. The molecule has 29 heavy (non-hydrogen) atoms. The molecule has 0 unspecified atom stereocenters. The molecule has 0 radical (unpaired) electrons. The summed E-state index contributed by atoms with van der Waals surface area (Å²) >= 11 is 2.36. The van der Waals surface area contributed by atoms with Crippen LogP contribution in [0.4, 0.5) is 0 Å². The first-order valence-corrected chi connectivity index (χ1v) is 10.7. The summed E-state index contributed by atoms with van der Waals surface area (Å²) in [6, 6.07) is 38.5. The van der Waals surface area contributed by atoms with Crippen molar-refractivity contribution in [3.63, 3.8) is 0 Å². The van der Waals surface area contributed by atoms with Gasteiger partial charge in [0, 0.05) is 8.96 Å². The Morgan fingerprint density at radius 1 is 0.621 bits per heavy atom. The molecule has 0 spiro atoms. The van der Waals surface area contributed by atoms with Crippen molar-refractivity contribution in [1.29, 1.82) is 0 Å². The lowest BCUT2D eigenvalue weighted by Gasteiger charge is -2.37. The average molecular weight is 486 g/mol. The Morgan fingerprint density at radius 3 is 1.59 bits per heavy atom. The van der Waals surface area contributed by atoms with Crippen molar-refractivity contribution in [3.05, 3.63) is 136 Å². The quantitative estimate of drug-likeness (QED) is 0.210.